The second kappa shape index (κ2) is 5.85. The Labute approximate surface area is 134 Å². The van der Waals surface area contributed by atoms with Crippen molar-refractivity contribution in [3.05, 3.63) is 34.6 Å². The fraction of sp³-hybridized carbons (Fsp3) is 0.500. The van der Waals surface area contributed by atoms with Crippen LogP contribution in [0.25, 0.3) is 5.13 Å². The third-order valence-corrected chi connectivity index (χ3v) is 5.23. The molecule has 1 saturated heterocycles. The van der Waals surface area contributed by atoms with Gasteiger partial charge in [0.15, 0.2) is 5.13 Å². The molecule has 0 aromatic carbocycles. The fourth-order valence-electron chi connectivity index (χ4n) is 3.00. The van der Waals surface area contributed by atoms with Crippen molar-refractivity contribution in [2.24, 2.45) is 5.92 Å². The van der Waals surface area contributed by atoms with E-state index in [1.165, 1.54) is 0 Å². The summed E-state index contributed by atoms with van der Waals surface area (Å²) in [5.41, 5.74) is 2.61. The fourth-order valence-corrected chi connectivity index (χ4v) is 3.76. The van der Waals surface area contributed by atoms with Gasteiger partial charge in [-0.25, -0.2) is 4.98 Å². The first-order valence-corrected chi connectivity index (χ1v) is 8.43. The van der Waals surface area contributed by atoms with Crippen LogP contribution in [0.5, 0.6) is 0 Å². The van der Waals surface area contributed by atoms with E-state index in [1.54, 1.807) is 22.4 Å². The number of nitrogens with zero attached hydrogens (tertiary/aromatic N) is 3. The van der Waals surface area contributed by atoms with Crippen molar-refractivity contribution < 1.29 is 9.90 Å². The van der Waals surface area contributed by atoms with Crippen LogP contribution in [0.2, 0.25) is 0 Å². The molecule has 22 heavy (non-hydrogen) atoms. The van der Waals surface area contributed by atoms with Crippen LogP contribution >= 0.6 is 11.3 Å². The molecule has 2 aromatic heterocycles. The second-order valence-electron chi connectivity index (χ2n) is 6.02. The number of carbonyl (C=O) groups excluding carboxylic acids is 1. The molecule has 0 spiro atoms. The summed E-state index contributed by atoms with van der Waals surface area (Å²) in [6.45, 7) is 7.09. The van der Waals surface area contributed by atoms with Crippen LogP contribution in [0.1, 0.15) is 35.1 Å². The lowest BCUT2D eigenvalue weighted by Crippen LogP contribution is -2.45. The van der Waals surface area contributed by atoms with Crippen LogP contribution in [-0.2, 0) is 0 Å². The monoisotopic (exact) mass is 319 g/mol. The van der Waals surface area contributed by atoms with Crippen molar-refractivity contribution in [3.63, 3.8) is 0 Å². The summed E-state index contributed by atoms with van der Waals surface area (Å²) >= 11 is 1.55. The lowest BCUT2D eigenvalue weighted by molar-refractivity contribution is 0.0248. The SMILES string of the molecule is Cc1cc(C(=O)N2CCC(C)C(O)C2)c(C)n1-c1nccs1. The first-order valence-electron chi connectivity index (χ1n) is 7.55. The van der Waals surface area contributed by atoms with Gasteiger partial charge in [-0.1, -0.05) is 6.92 Å². The van der Waals surface area contributed by atoms with Crippen molar-refractivity contribution in [2.75, 3.05) is 13.1 Å². The lowest BCUT2D eigenvalue weighted by Gasteiger charge is -2.34. The van der Waals surface area contributed by atoms with Crippen molar-refractivity contribution in [2.45, 2.75) is 33.3 Å². The van der Waals surface area contributed by atoms with E-state index in [-0.39, 0.29) is 11.8 Å². The lowest BCUT2D eigenvalue weighted by atomic mass is 9.95. The third-order valence-electron chi connectivity index (χ3n) is 4.48. The van der Waals surface area contributed by atoms with Crippen molar-refractivity contribution in [1.82, 2.24) is 14.5 Å². The molecular weight excluding hydrogens is 298 g/mol. The Morgan fingerprint density at radius 1 is 1.45 bits per heavy atom. The van der Waals surface area contributed by atoms with Gasteiger partial charge in [0.05, 0.1) is 11.7 Å². The number of amides is 1. The summed E-state index contributed by atoms with van der Waals surface area (Å²) in [6.07, 6.45) is 2.18. The minimum Gasteiger partial charge on any atom is -0.391 e. The maximum Gasteiger partial charge on any atom is 0.255 e. The molecule has 1 fully saturated rings. The highest BCUT2D eigenvalue weighted by Gasteiger charge is 2.29. The van der Waals surface area contributed by atoms with Gasteiger partial charge in [0.25, 0.3) is 5.91 Å². The van der Waals surface area contributed by atoms with E-state index < -0.39 is 6.10 Å². The molecule has 1 amide bonds. The van der Waals surface area contributed by atoms with Crippen LogP contribution in [0, 0.1) is 19.8 Å². The first kappa shape index (κ1) is 15.2. The number of β-amino-alcohol motifs (C(OH)–C–C–N with tert-alkyl or cyclic N) is 1. The maximum atomic E-state index is 12.8. The smallest absolute Gasteiger partial charge is 0.255 e. The van der Waals surface area contributed by atoms with Gasteiger partial charge in [-0.15, -0.1) is 11.3 Å². The van der Waals surface area contributed by atoms with E-state index in [9.17, 15) is 9.90 Å². The van der Waals surface area contributed by atoms with Gasteiger partial charge in [0, 0.05) is 36.1 Å². The summed E-state index contributed by atoms with van der Waals surface area (Å²) in [6, 6.07) is 1.92. The van der Waals surface area contributed by atoms with Gasteiger partial charge >= 0.3 is 0 Å². The van der Waals surface area contributed by atoms with Gasteiger partial charge < -0.3 is 10.0 Å². The third kappa shape index (κ3) is 2.57. The number of thiazole rings is 1. The molecule has 1 aliphatic rings. The topological polar surface area (TPSA) is 58.4 Å². The molecule has 0 saturated carbocycles. The number of carbonyl (C=O) groups is 1. The summed E-state index contributed by atoms with van der Waals surface area (Å²) in [5.74, 6) is 0.258. The van der Waals surface area contributed by atoms with Crippen molar-refractivity contribution >= 4 is 17.2 Å². The zero-order valence-corrected chi connectivity index (χ0v) is 13.9. The molecule has 2 atom stereocenters. The predicted molar refractivity (Wildman–Crippen MR) is 86.6 cm³/mol. The number of likely N-dealkylation sites (tertiary alicyclic amines) is 1. The standard InChI is InChI=1S/C16H21N3O2S/c1-10-4-6-18(9-14(10)20)15(21)13-8-11(2)19(12(13)3)16-17-5-7-22-16/h5,7-8,10,14,20H,4,6,9H2,1-3H3. The Hall–Kier alpha value is -1.66. The van der Waals surface area contributed by atoms with Gasteiger partial charge in [-0.05, 0) is 32.3 Å². The minimum atomic E-state index is -0.430. The van der Waals surface area contributed by atoms with Crippen LogP contribution in [-0.4, -0.2) is 44.7 Å². The average molecular weight is 319 g/mol. The Morgan fingerprint density at radius 2 is 2.23 bits per heavy atom. The zero-order valence-electron chi connectivity index (χ0n) is 13.1. The van der Waals surface area contributed by atoms with E-state index in [0.29, 0.717) is 18.7 Å². The summed E-state index contributed by atoms with van der Waals surface area (Å²) < 4.78 is 2.01. The molecular formula is C16H21N3O2S. The first-order chi connectivity index (χ1) is 10.5. The van der Waals surface area contributed by atoms with Crippen LogP contribution in [0.3, 0.4) is 0 Å². The minimum absolute atomic E-state index is 0.00172. The Balaban J connectivity index is 1.89. The molecule has 6 heteroatoms. The average Bonchev–Trinajstić information content (AvgIpc) is 3.09. The maximum absolute atomic E-state index is 12.8. The number of rotatable bonds is 2. The number of aliphatic hydroxyl groups excluding tert-OH is 1. The van der Waals surface area contributed by atoms with Crippen LogP contribution in [0.4, 0.5) is 0 Å². The molecule has 5 nitrogen and oxygen atoms in total. The molecule has 3 heterocycles. The number of aliphatic hydroxyl groups is 1. The second-order valence-corrected chi connectivity index (χ2v) is 6.89. The predicted octanol–water partition coefficient (Wildman–Crippen LogP) is 2.39. The van der Waals surface area contributed by atoms with Gasteiger partial charge in [-0.2, -0.15) is 0 Å². The summed E-state index contributed by atoms with van der Waals surface area (Å²) in [5, 5.41) is 12.8. The summed E-state index contributed by atoms with van der Waals surface area (Å²) in [7, 11) is 0. The molecule has 118 valence electrons. The van der Waals surface area contributed by atoms with E-state index in [2.05, 4.69) is 4.98 Å². The number of hydrogen-bond donors (Lipinski definition) is 1. The Morgan fingerprint density at radius 3 is 2.86 bits per heavy atom. The highest BCUT2D eigenvalue weighted by atomic mass is 32.1. The summed E-state index contributed by atoms with van der Waals surface area (Å²) in [4.78, 5) is 18.9. The zero-order chi connectivity index (χ0) is 15.9. The Bertz CT molecular complexity index is 678. The molecule has 2 unspecified atom stereocenters. The number of aryl methyl sites for hydroxylation is 1. The van der Waals surface area contributed by atoms with E-state index in [1.807, 2.05) is 36.8 Å². The number of piperidine rings is 1. The van der Waals surface area contributed by atoms with E-state index in [0.717, 1.165) is 22.9 Å². The van der Waals surface area contributed by atoms with Crippen LogP contribution < -0.4 is 0 Å². The van der Waals surface area contributed by atoms with Gasteiger partial charge in [0.2, 0.25) is 0 Å². The molecule has 3 rings (SSSR count). The molecule has 1 N–H and O–H groups in total. The van der Waals surface area contributed by atoms with Crippen molar-refractivity contribution in [3.8, 4) is 5.13 Å². The largest absolute Gasteiger partial charge is 0.391 e. The molecule has 0 bridgehead atoms. The van der Waals surface area contributed by atoms with Crippen molar-refractivity contribution in [1.29, 1.82) is 0 Å². The highest BCUT2D eigenvalue weighted by Crippen LogP contribution is 2.25. The number of hydrogen-bond acceptors (Lipinski definition) is 4. The van der Waals surface area contributed by atoms with Gasteiger partial charge in [0.1, 0.15) is 0 Å². The molecule has 2 aromatic rings. The Kier molecular flexibility index (Phi) is 4.06. The molecule has 0 aliphatic carbocycles. The quantitative estimate of drug-likeness (QED) is 0.924. The number of aromatic nitrogens is 2. The van der Waals surface area contributed by atoms with Crippen LogP contribution in [0.15, 0.2) is 17.6 Å². The normalized spacial score (nSPS) is 22.1. The van der Waals surface area contributed by atoms with Gasteiger partial charge in [-0.3, -0.25) is 9.36 Å². The van der Waals surface area contributed by atoms with E-state index >= 15 is 0 Å². The molecule has 1 aliphatic heterocycles. The highest BCUT2D eigenvalue weighted by molar-refractivity contribution is 7.12. The van der Waals surface area contributed by atoms with E-state index in [4.69, 9.17) is 0 Å². The molecule has 0 radical (unpaired) electrons.